The van der Waals surface area contributed by atoms with Crippen molar-refractivity contribution in [3.63, 3.8) is 0 Å². The number of oxime groups is 1. The highest BCUT2D eigenvalue weighted by atomic mass is 16.4. The maximum atomic E-state index is 8.59. The Morgan fingerprint density at radius 2 is 2.11 bits per heavy atom. The van der Waals surface area contributed by atoms with Crippen LogP contribution in [0.1, 0.15) is 38.3 Å². The molecule has 6 nitrogen and oxygen atoms in total. The van der Waals surface area contributed by atoms with Gasteiger partial charge in [-0.2, -0.15) is 0 Å². The maximum absolute atomic E-state index is 8.59. The van der Waals surface area contributed by atoms with E-state index in [9.17, 15) is 0 Å². The Morgan fingerprint density at radius 3 is 2.68 bits per heavy atom. The molecule has 0 aromatic carbocycles. The molecule has 0 saturated heterocycles. The zero-order chi connectivity index (χ0) is 13.8. The van der Waals surface area contributed by atoms with Gasteiger partial charge in [-0.3, -0.25) is 0 Å². The van der Waals surface area contributed by atoms with Gasteiger partial charge in [0.2, 0.25) is 0 Å². The summed E-state index contributed by atoms with van der Waals surface area (Å²) < 4.78 is 0. The van der Waals surface area contributed by atoms with Crippen LogP contribution >= 0.6 is 0 Å². The molecular formula is C13H21N5O. The minimum Gasteiger partial charge on any atom is -0.409 e. The molecule has 2 atom stereocenters. The highest BCUT2D eigenvalue weighted by Gasteiger charge is 2.25. The van der Waals surface area contributed by atoms with Gasteiger partial charge < -0.3 is 15.8 Å². The van der Waals surface area contributed by atoms with E-state index in [-0.39, 0.29) is 5.84 Å². The van der Waals surface area contributed by atoms with Crippen molar-refractivity contribution in [1.82, 2.24) is 9.97 Å². The van der Waals surface area contributed by atoms with Crippen LogP contribution in [0.2, 0.25) is 0 Å². The van der Waals surface area contributed by atoms with E-state index in [1.54, 1.807) is 6.20 Å². The van der Waals surface area contributed by atoms with Crippen LogP contribution < -0.4 is 10.6 Å². The molecule has 2 unspecified atom stereocenters. The Hall–Kier alpha value is -1.85. The van der Waals surface area contributed by atoms with Crippen molar-refractivity contribution in [2.45, 2.75) is 38.6 Å². The smallest absolute Gasteiger partial charge is 0.190 e. The van der Waals surface area contributed by atoms with Crippen LogP contribution in [0.5, 0.6) is 0 Å². The summed E-state index contributed by atoms with van der Waals surface area (Å²) in [5.74, 6) is 1.48. The molecule has 6 heteroatoms. The van der Waals surface area contributed by atoms with E-state index in [1.165, 1.54) is 31.9 Å². The molecule has 1 heterocycles. The van der Waals surface area contributed by atoms with Gasteiger partial charge in [0.15, 0.2) is 5.84 Å². The van der Waals surface area contributed by atoms with Gasteiger partial charge in [-0.05, 0) is 18.8 Å². The third-order valence-corrected chi connectivity index (χ3v) is 3.93. The van der Waals surface area contributed by atoms with E-state index >= 15 is 0 Å². The zero-order valence-electron chi connectivity index (χ0n) is 11.5. The molecule has 1 aromatic rings. The molecule has 0 spiro atoms. The zero-order valence-corrected chi connectivity index (χ0v) is 11.5. The summed E-state index contributed by atoms with van der Waals surface area (Å²) in [5, 5.41) is 11.5. The van der Waals surface area contributed by atoms with Gasteiger partial charge in [0, 0.05) is 13.1 Å². The summed E-state index contributed by atoms with van der Waals surface area (Å²) in [5.41, 5.74) is 5.85. The van der Waals surface area contributed by atoms with Crippen LogP contribution in [0.25, 0.3) is 0 Å². The first kappa shape index (κ1) is 13.6. The fraction of sp³-hybridized carbons (Fsp3) is 0.615. The second-order valence-electron chi connectivity index (χ2n) is 5.19. The highest BCUT2D eigenvalue weighted by Crippen LogP contribution is 2.29. The van der Waals surface area contributed by atoms with Crippen LogP contribution in [0.3, 0.4) is 0 Å². The van der Waals surface area contributed by atoms with Crippen molar-refractivity contribution in [3.05, 3.63) is 18.1 Å². The lowest BCUT2D eigenvalue weighted by Gasteiger charge is -2.36. The maximum Gasteiger partial charge on any atom is 0.190 e. The minimum atomic E-state index is -0.0206. The summed E-state index contributed by atoms with van der Waals surface area (Å²) >= 11 is 0. The number of nitrogens with two attached hydrogens (primary N) is 1. The molecule has 0 radical (unpaired) electrons. The molecule has 1 aromatic heterocycles. The van der Waals surface area contributed by atoms with E-state index in [0.717, 1.165) is 5.82 Å². The third-order valence-electron chi connectivity index (χ3n) is 3.93. The fourth-order valence-corrected chi connectivity index (χ4v) is 2.73. The quantitative estimate of drug-likeness (QED) is 0.374. The van der Waals surface area contributed by atoms with E-state index in [0.29, 0.717) is 17.7 Å². The van der Waals surface area contributed by atoms with E-state index in [1.807, 2.05) is 0 Å². The number of rotatable bonds is 3. The standard InChI is InChI=1S/C13H21N5O/c1-9-5-3-4-6-11(9)18(2)12-8-15-10(7-16-12)13(14)17-19/h7-9,11,19H,3-6H2,1-2H3,(H2,14,17). The number of aromatic nitrogens is 2. The van der Waals surface area contributed by atoms with Crippen LogP contribution in [0, 0.1) is 5.92 Å². The molecule has 0 aliphatic heterocycles. The minimum absolute atomic E-state index is 0.0206. The van der Waals surface area contributed by atoms with Crippen molar-refractivity contribution >= 4 is 11.7 Å². The summed E-state index contributed by atoms with van der Waals surface area (Å²) in [7, 11) is 2.06. The number of nitrogens with zero attached hydrogens (tertiary/aromatic N) is 4. The molecule has 3 N–H and O–H groups in total. The lowest BCUT2D eigenvalue weighted by Crippen LogP contribution is -2.39. The SMILES string of the molecule is CC1CCCCC1N(C)c1cnc(C(N)=NO)cn1. The molecule has 104 valence electrons. The Kier molecular flexibility index (Phi) is 4.19. The molecule has 2 rings (SSSR count). The number of amidine groups is 1. The lowest BCUT2D eigenvalue weighted by molar-refractivity contribution is 0.318. The monoisotopic (exact) mass is 263 g/mol. The van der Waals surface area contributed by atoms with Gasteiger partial charge >= 0.3 is 0 Å². The van der Waals surface area contributed by atoms with Crippen molar-refractivity contribution in [2.75, 3.05) is 11.9 Å². The molecule has 19 heavy (non-hydrogen) atoms. The van der Waals surface area contributed by atoms with Crippen LogP contribution in [-0.4, -0.2) is 34.1 Å². The van der Waals surface area contributed by atoms with Gasteiger partial charge in [0.05, 0.1) is 12.4 Å². The predicted molar refractivity (Wildman–Crippen MR) is 74.4 cm³/mol. The largest absolute Gasteiger partial charge is 0.409 e. The van der Waals surface area contributed by atoms with Crippen molar-refractivity contribution < 1.29 is 5.21 Å². The summed E-state index contributed by atoms with van der Waals surface area (Å²) in [6, 6.07) is 0.512. The van der Waals surface area contributed by atoms with Crippen molar-refractivity contribution in [2.24, 2.45) is 16.8 Å². The first-order valence-corrected chi connectivity index (χ1v) is 6.66. The second kappa shape index (κ2) is 5.86. The molecule has 0 amide bonds. The topological polar surface area (TPSA) is 87.6 Å². The van der Waals surface area contributed by atoms with Gasteiger partial charge in [0.1, 0.15) is 11.5 Å². The van der Waals surface area contributed by atoms with E-state index < -0.39 is 0 Å². The normalized spacial score (nSPS) is 24.2. The van der Waals surface area contributed by atoms with Crippen molar-refractivity contribution in [3.8, 4) is 0 Å². The Labute approximate surface area is 113 Å². The number of hydrogen-bond donors (Lipinski definition) is 2. The Morgan fingerprint density at radius 1 is 1.37 bits per heavy atom. The predicted octanol–water partition coefficient (Wildman–Crippen LogP) is 1.59. The Bertz CT molecular complexity index is 445. The summed E-state index contributed by atoms with van der Waals surface area (Å²) in [6.45, 7) is 2.29. The van der Waals surface area contributed by atoms with Crippen LogP contribution in [-0.2, 0) is 0 Å². The number of anilines is 1. The van der Waals surface area contributed by atoms with E-state index in [4.69, 9.17) is 10.9 Å². The highest BCUT2D eigenvalue weighted by molar-refractivity contribution is 5.94. The molecule has 0 bridgehead atoms. The second-order valence-corrected chi connectivity index (χ2v) is 5.19. The van der Waals surface area contributed by atoms with E-state index in [2.05, 4.69) is 34.0 Å². The van der Waals surface area contributed by atoms with Gasteiger partial charge in [-0.1, -0.05) is 24.9 Å². The van der Waals surface area contributed by atoms with Gasteiger partial charge in [-0.15, -0.1) is 0 Å². The summed E-state index contributed by atoms with van der Waals surface area (Å²) in [6.07, 6.45) is 8.27. The van der Waals surface area contributed by atoms with Crippen LogP contribution in [0.15, 0.2) is 17.5 Å². The van der Waals surface area contributed by atoms with Crippen molar-refractivity contribution in [1.29, 1.82) is 0 Å². The molecule has 1 aliphatic carbocycles. The molecule has 1 fully saturated rings. The van der Waals surface area contributed by atoms with Gasteiger partial charge in [0.25, 0.3) is 0 Å². The first-order chi connectivity index (χ1) is 9.13. The third kappa shape index (κ3) is 2.94. The lowest BCUT2D eigenvalue weighted by atomic mass is 9.85. The molecular weight excluding hydrogens is 242 g/mol. The molecule has 1 saturated carbocycles. The Balaban J connectivity index is 2.12. The molecule has 1 aliphatic rings. The van der Waals surface area contributed by atoms with Gasteiger partial charge in [-0.25, -0.2) is 9.97 Å². The fourth-order valence-electron chi connectivity index (χ4n) is 2.73. The van der Waals surface area contributed by atoms with Crippen LogP contribution in [0.4, 0.5) is 5.82 Å². The first-order valence-electron chi connectivity index (χ1n) is 6.66. The average Bonchev–Trinajstić information content (AvgIpc) is 2.46. The average molecular weight is 263 g/mol. The number of hydrogen-bond acceptors (Lipinski definition) is 5. The summed E-state index contributed by atoms with van der Waals surface area (Å²) in [4.78, 5) is 10.7.